The summed E-state index contributed by atoms with van der Waals surface area (Å²) in [6.07, 6.45) is 0.400. The predicted molar refractivity (Wildman–Crippen MR) is 80.5 cm³/mol. The molecule has 0 aliphatic carbocycles. The van der Waals surface area contributed by atoms with Crippen LogP contribution in [0.25, 0.3) is 0 Å². The molecule has 100 valence electrons. The Kier molecular flexibility index (Phi) is 4.51. The number of hydrogen-bond donors (Lipinski definition) is 1. The molecule has 2 nitrogen and oxygen atoms in total. The van der Waals surface area contributed by atoms with Gasteiger partial charge in [-0.3, -0.25) is 4.79 Å². The van der Waals surface area contributed by atoms with Crippen molar-refractivity contribution in [3.05, 3.63) is 57.8 Å². The van der Waals surface area contributed by atoms with Crippen LogP contribution >= 0.6 is 11.3 Å². The number of ketones is 1. The van der Waals surface area contributed by atoms with Crippen LogP contribution in [-0.2, 0) is 11.2 Å². The Bertz CT molecular complexity index is 528. The Hall–Kier alpha value is -1.45. The van der Waals surface area contributed by atoms with Crippen molar-refractivity contribution in [3.8, 4) is 0 Å². The van der Waals surface area contributed by atoms with Crippen LogP contribution in [0.1, 0.15) is 41.8 Å². The number of thiophene rings is 1. The molecular formula is C16H19NOS. The number of benzene rings is 1. The van der Waals surface area contributed by atoms with E-state index in [1.54, 1.807) is 0 Å². The van der Waals surface area contributed by atoms with Gasteiger partial charge in [-0.25, -0.2) is 0 Å². The summed E-state index contributed by atoms with van der Waals surface area (Å²) in [5, 5.41) is 1.94. The lowest BCUT2D eigenvalue weighted by Gasteiger charge is -2.10. The number of carbonyl (C=O) groups excluding carboxylic acids is 1. The summed E-state index contributed by atoms with van der Waals surface area (Å²) in [6, 6.07) is 11.6. The third kappa shape index (κ3) is 3.52. The average Bonchev–Trinajstić information content (AvgIpc) is 2.92. The topological polar surface area (TPSA) is 43.1 Å². The lowest BCUT2D eigenvalue weighted by Crippen LogP contribution is -2.22. The van der Waals surface area contributed by atoms with Crippen molar-refractivity contribution in [2.75, 3.05) is 0 Å². The number of carbonyl (C=O) groups is 1. The molecule has 1 aromatic carbocycles. The monoisotopic (exact) mass is 273 g/mol. The Morgan fingerprint density at radius 3 is 2.42 bits per heavy atom. The first kappa shape index (κ1) is 14.0. The summed E-state index contributed by atoms with van der Waals surface area (Å²) >= 11 is 1.53. The molecule has 0 radical (unpaired) electrons. The Balaban J connectivity index is 2.02. The third-order valence-corrected chi connectivity index (χ3v) is 4.18. The van der Waals surface area contributed by atoms with Crippen LogP contribution < -0.4 is 5.73 Å². The number of nitrogens with two attached hydrogens (primary N) is 1. The molecule has 0 fully saturated rings. The maximum absolute atomic E-state index is 12.1. The average molecular weight is 273 g/mol. The molecule has 2 N–H and O–H groups in total. The summed E-state index contributed by atoms with van der Waals surface area (Å²) in [5.41, 5.74) is 8.29. The maximum atomic E-state index is 12.1. The van der Waals surface area contributed by atoms with Crippen molar-refractivity contribution in [2.24, 2.45) is 5.73 Å². The first-order chi connectivity index (χ1) is 9.08. The van der Waals surface area contributed by atoms with Gasteiger partial charge in [-0.05, 0) is 28.5 Å². The fraction of sp³-hybridized carbons (Fsp3) is 0.312. The molecule has 0 aliphatic heterocycles. The molecule has 0 saturated carbocycles. The molecule has 2 rings (SSSR count). The van der Waals surface area contributed by atoms with E-state index in [4.69, 9.17) is 5.73 Å². The van der Waals surface area contributed by atoms with Gasteiger partial charge in [0.1, 0.15) is 0 Å². The Morgan fingerprint density at radius 2 is 1.89 bits per heavy atom. The van der Waals surface area contributed by atoms with Gasteiger partial charge in [0.25, 0.3) is 0 Å². The van der Waals surface area contributed by atoms with Crippen LogP contribution in [0.2, 0.25) is 0 Å². The number of rotatable bonds is 5. The summed E-state index contributed by atoms with van der Waals surface area (Å²) in [4.78, 5) is 13.0. The van der Waals surface area contributed by atoms with Gasteiger partial charge in [0.2, 0.25) is 0 Å². The van der Waals surface area contributed by atoms with Gasteiger partial charge < -0.3 is 5.73 Å². The summed E-state index contributed by atoms with van der Waals surface area (Å²) in [5.74, 6) is 0.581. The van der Waals surface area contributed by atoms with E-state index in [1.165, 1.54) is 16.9 Å². The van der Waals surface area contributed by atoms with E-state index in [0.29, 0.717) is 12.3 Å². The van der Waals surface area contributed by atoms with E-state index in [-0.39, 0.29) is 5.78 Å². The van der Waals surface area contributed by atoms with E-state index in [1.807, 2.05) is 29.6 Å². The zero-order chi connectivity index (χ0) is 13.8. The van der Waals surface area contributed by atoms with Gasteiger partial charge in [0, 0.05) is 11.3 Å². The number of hydrogen-bond acceptors (Lipinski definition) is 3. The quantitative estimate of drug-likeness (QED) is 0.903. The van der Waals surface area contributed by atoms with Gasteiger partial charge in [-0.1, -0.05) is 44.2 Å². The summed E-state index contributed by atoms with van der Waals surface area (Å²) in [7, 11) is 0. The molecule has 0 saturated heterocycles. The van der Waals surface area contributed by atoms with Crippen LogP contribution in [-0.4, -0.2) is 5.78 Å². The van der Waals surface area contributed by atoms with E-state index in [0.717, 1.165) is 10.4 Å². The van der Waals surface area contributed by atoms with Crippen molar-refractivity contribution >= 4 is 17.1 Å². The van der Waals surface area contributed by atoms with E-state index < -0.39 is 6.04 Å². The van der Waals surface area contributed by atoms with Crippen molar-refractivity contribution in [1.82, 2.24) is 0 Å². The maximum Gasteiger partial charge on any atom is 0.159 e. The van der Waals surface area contributed by atoms with E-state index in [9.17, 15) is 4.79 Å². The molecule has 1 aromatic heterocycles. The normalized spacial score (nSPS) is 12.6. The van der Waals surface area contributed by atoms with Gasteiger partial charge in [-0.15, -0.1) is 11.3 Å². The molecule has 1 heterocycles. The lowest BCUT2D eigenvalue weighted by atomic mass is 9.98. The molecule has 1 unspecified atom stereocenters. The first-order valence-electron chi connectivity index (χ1n) is 6.48. The molecule has 0 spiro atoms. The van der Waals surface area contributed by atoms with Gasteiger partial charge in [0.15, 0.2) is 5.78 Å². The van der Waals surface area contributed by atoms with E-state index in [2.05, 4.69) is 26.0 Å². The second-order valence-electron chi connectivity index (χ2n) is 5.03. The van der Waals surface area contributed by atoms with Crippen molar-refractivity contribution < 1.29 is 4.79 Å². The highest BCUT2D eigenvalue weighted by molar-refractivity contribution is 7.10. The second kappa shape index (κ2) is 6.13. The zero-order valence-electron chi connectivity index (χ0n) is 11.3. The molecular weight excluding hydrogens is 254 g/mol. The van der Waals surface area contributed by atoms with Crippen molar-refractivity contribution in [1.29, 1.82) is 0 Å². The minimum atomic E-state index is -0.496. The molecule has 0 bridgehead atoms. The van der Waals surface area contributed by atoms with Crippen LogP contribution in [0.3, 0.4) is 0 Å². The highest BCUT2D eigenvalue weighted by atomic mass is 32.1. The molecule has 0 aliphatic rings. The van der Waals surface area contributed by atoms with Gasteiger partial charge in [0.05, 0.1) is 6.04 Å². The summed E-state index contributed by atoms with van der Waals surface area (Å²) in [6.45, 7) is 4.32. The first-order valence-corrected chi connectivity index (χ1v) is 7.36. The van der Waals surface area contributed by atoms with E-state index >= 15 is 0 Å². The fourth-order valence-electron chi connectivity index (χ4n) is 1.96. The van der Waals surface area contributed by atoms with Crippen molar-refractivity contribution in [3.63, 3.8) is 0 Å². The Morgan fingerprint density at radius 1 is 1.21 bits per heavy atom. The van der Waals surface area contributed by atoms with Crippen LogP contribution in [0.4, 0.5) is 0 Å². The molecule has 1 atom stereocenters. The van der Waals surface area contributed by atoms with Crippen molar-refractivity contribution in [2.45, 2.75) is 32.2 Å². The van der Waals surface area contributed by atoms with Crippen LogP contribution in [0.5, 0.6) is 0 Å². The molecule has 19 heavy (non-hydrogen) atoms. The van der Waals surface area contributed by atoms with Crippen LogP contribution in [0, 0.1) is 0 Å². The van der Waals surface area contributed by atoms with Gasteiger partial charge in [-0.2, -0.15) is 0 Å². The minimum absolute atomic E-state index is 0.0692. The zero-order valence-corrected chi connectivity index (χ0v) is 12.1. The second-order valence-corrected chi connectivity index (χ2v) is 6.01. The lowest BCUT2D eigenvalue weighted by molar-refractivity contribution is -0.119. The highest BCUT2D eigenvalue weighted by Gasteiger charge is 2.16. The smallest absolute Gasteiger partial charge is 0.159 e. The third-order valence-electron chi connectivity index (χ3n) is 3.22. The minimum Gasteiger partial charge on any atom is -0.317 e. The fourth-order valence-corrected chi connectivity index (χ4v) is 2.71. The predicted octanol–water partition coefficient (Wildman–Crippen LogP) is 3.68. The molecule has 0 amide bonds. The number of Topliss-reactive ketones (excluding diaryl/α,β-unsaturated/α-hetero) is 1. The Labute approximate surface area is 118 Å². The standard InChI is InChI=1S/C16H19NOS/c1-11(2)13-7-5-12(6-8-13)10-14(18)16(17)15-4-3-9-19-15/h3-9,11,16H,10,17H2,1-2H3. The SMILES string of the molecule is CC(C)c1ccc(CC(=O)C(N)c2cccs2)cc1. The van der Waals surface area contributed by atoms with Crippen LogP contribution in [0.15, 0.2) is 41.8 Å². The highest BCUT2D eigenvalue weighted by Crippen LogP contribution is 2.20. The largest absolute Gasteiger partial charge is 0.317 e. The molecule has 3 heteroatoms. The molecule has 2 aromatic rings. The summed E-state index contributed by atoms with van der Waals surface area (Å²) < 4.78 is 0. The van der Waals surface area contributed by atoms with Gasteiger partial charge >= 0.3 is 0 Å².